The van der Waals surface area contributed by atoms with Crippen LogP contribution < -0.4 is 16.0 Å². The summed E-state index contributed by atoms with van der Waals surface area (Å²) < 4.78 is 0. The fourth-order valence-corrected chi connectivity index (χ4v) is 3.27. The van der Waals surface area contributed by atoms with E-state index in [1.807, 2.05) is 10.3 Å². The number of nitrogens with one attached hydrogen (secondary N) is 1. The zero-order valence-electron chi connectivity index (χ0n) is 13.9. The normalized spacial score (nSPS) is 16.7. The van der Waals surface area contributed by atoms with Crippen molar-refractivity contribution in [2.45, 2.75) is 32.9 Å². The molecule has 2 aromatic rings. The predicted octanol–water partition coefficient (Wildman–Crippen LogP) is 2.61. The number of rotatable bonds is 6. The summed E-state index contributed by atoms with van der Waals surface area (Å²) >= 11 is 1.45. The number of aliphatic hydroxyl groups is 1. The molecule has 0 spiro atoms. The Morgan fingerprint density at radius 3 is 2.88 bits per heavy atom. The Morgan fingerprint density at radius 1 is 1.38 bits per heavy atom. The molecule has 4 N–H and O–H groups in total. The van der Waals surface area contributed by atoms with Crippen LogP contribution in [0.1, 0.15) is 31.7 Å². The van der Waals surface area contributed by atoms with Crippen molar-refractivity contribution >= 4 is 40.1 Å². The Labute approximate surface area is 145 Å². The van der Waals surface area contributed by atoms with Gasteiger partial charge in [-0.05, 0) is 12.8 Å². The Kier molecular flexibility index (Phi) is 4.96. The van der Waals surface area contributed by atoms with Crippen LogP contribution in [0.4, 0.5) is 23.0 Å². The van der Waals surface area contributed by atoms with Gasteiger partial charge >= 0.3 is 0 Å². The van der Waals surface area contributed by atoms with E-state index in [1.54, 1.807) is 12.3 Å². The molecule has 0 aromatic carbocycles. The van der Waals surface area contributed by atoms with E-state index in [4.69, 9.17) is 5.73 Å². The minimum atomic E-state index is -0.878. The predicted molar refractivity (Wildman–Crippen MR) is 99.4 cm³/mol. The number of nitrogens with two attached hydrogens (primary N) is 1. The zero-order valence-corrected chi connectivity index (χ0v) is 14.7. The van der Waals surface area contributed by atoms with Crippen LogP contribution in [0.15, 0.2) is 22.6 Å². The van der Waals surface area contributed by atoms with Crippen LogP contribution in [0.5, 0.6) is 0 Å². The highest BCUT2D eigenvalue weighted by Gasteiger charge is 2.32. The third kappa shape index (κ3) is 3.07. The van der Waals surface area contributed by atoms with Gasteiger partial charge in [0.25, 0.3) is 0 Å². The van der Waals surface area contributed by atoms with Crippen molar-refractivity contribution in [2.24, 2.45) is 4.99 Å². The molecule has 3 heterocycles. The van der Waals surface area contributed by atoms with Gasteiger partial charge in [-0.1, -0.05) is 13.8 Å². The maximum atomic E-state index is 10.8. The van der Waals surface area contributed by atoms with E-state index >= 15 is 0 Å². The minimum Gasteiger partial charge on any atom is -0.397 e. The van der Waals surface area contributed by atoms with Gasteiger partial charge in [-0.3, -0.25) is 0 Å². The maximum Gasteiger partial charge on any atom is 0.174 e. The van der Waals surface area contributed by atoms with Crippen LogP contribution in [-0.4, -0.2) is 40.1 Å². The summed E-state index contributed by atoms with van der Waals surface area (Å²) in [5.74, 6) is 1.32. The summed E-state index contributed by atoms with van der Waals surface area (Å²) in [5.41, 5.74) is 7.88. The highest BCUT2D eigenvalue weighted by atomic mass is 32.1. The SMILES string of the molecule is CCCNc1cc(N)c2c(n1)N(CCC)C(O)C(c1nccs1)=N2. The maximum absolute atomic E-state index is 10.8. The smallest absolute Gasteiger partial charge is 0.174 e. The van der Waals surface area contributed by atoms with Crippen molar-refractivity contribution in [3.63, 3.8) is 0 Å². The van der Waals surface area contributed by atoms with E-state index in [2.05, 4.69) is 34.1 Å². The number of anilines is 3. The first-order chi connectivity index (χ1) is 11.7. The number of aliphatic hydroxyl groups excluding tert-OH is 1. The van der Waals surface area contributed by atoms with Crippen molar-refractivity contribution in [2.75, 3.05) is 29.0 Å². The van der Waals surface area contributed by atoms with E-state index < -0.39 is 6.23 Å². The second-order valence-corrected chi connectivity index (χ2v) is 6.49. The van der Waals surface area contributed by atoms with E-state index in [0.29, 0.717) is 40.3 Å². The fraction of sp³-hybridized carbons (Fsp3) is 0.438. The third-order valence-corrected chi connectivity index (χ3v) is 4.52. The molecule has 2 aromatic heterocycles. The van der Waals surface area contributed by atoms with E-state index in [1.165, 1.54) is 11.3 Å². The van der Waals surface area contributed by atoms with Gasteiger partial charge in [0.15, 0.2) is 12.0 Å². The first kappa shape index (κ1) is 16.7. The summed E-state index contributed by atoms with van der Waals surface area (Å²) in [4.78, 5) is 15.3. The molecular weight excluding hydrogens is 324 g/mol. The molecule has 3 rings (SSSR count). The number of hydrogen-bond donors (Lipinski definition) is 3. The standard InChI is InChI=1S/C16H22N6OS/c1-3-5-18-11-9-10(17)12-14(20-11)22(7-4-2)16(23)13(21-12)15-19-6-8-24-15/h6,8-9,16,23H,3-5,7H2,1-2H3,(H3,17,18,20). The topological polar surface area (TPSA) is 99.7 Å². The lowest BCUT2D eigenvalue weighted by Gasteiger charge is -2.34. The van der Waals surface area contributed by atoms with Crippen molar-refractivity contribution in [3.8, 4) is 0 Å². The number of thiazole rings is 1. The van der Waals surface area contributed by atoms with Gasteiger partial charge in [0.2, 0.25) is 0 Å². The van der Waals surface area contributed by atoms with Crippen LogP contribution >= 0.6 is 11.3 Å². The lowest BCUT2D eigenvalue weighted by molar-refractivity contribution is 0.232. The molecule has 24 heavy (non-hydrogen) atoms. The van der Waals surface area contributed by atoms with Gasteiger partial charge in [0.1, 0.15) is 22.2 Å². The Balaban J connectivity index is 2.09. The average molecular weight is 346 g/mol. The number of nitrogens with zero attached hydrogens (tertiary/aromatic N) is 4. The zero-order chi connectivity index (χ0) is 17.1. The number of nitrogen functional groups attached to an aromatic ring is 1. The summed E-state index contributed by atoms with van der Waals surface area (Å²) in [6, 6.07) is 1.79. The van der Waals surface area contributed by atoms with Gasteiger partial charge in [-0.2, -0.15) is 0 Å². The molecule has 1 aliphatic heterocycles. The first-order valence-electron chi connectivity index (χ1n) is 8.13. The van der Waals surface area contributed by atoms with Gasteiger partial charge in [-0.25, -0.2) is 15.0 Å². The highest BCUT2D eigenvalue weighted by molar-refractivity contribution is 7.11. The lowest BCUT2D eigenvalue weighted by Crippen LogP contribution is -2.44. The molecule has 0 aliphatic carbocycles. The number of pyridine rings is 1. The van der Waals surface area contributed by atoms with Crippen LogP contribution in [0.2, 0.25) is 0 Å². The molecule has 0 radical (unpaired) electrons. The van der Waals surface area contributed by atoms with E-state index in [0.717, 1.165) is 19.4 Å². The molecule has 0 saturated carbocycles. The molecule has 0 saturated heterocycles. The fourth-order valence-electron chi connectivity index (χ4n) is 2.62. The minimum absolute atomic E-state index is 0.522. The molecule has 7 nitrogen and oxygen atoms in total. The van der Waals surface area contributed by atoms with E-state index in [9.17, 15) is 5.11 Å². The number of aromatic nitrogens is 2. The average Bonchev–Trinajstić information content (AvgIpc) is 3.10. The molecule has 0 bridgehead atoms. The van der Waals surface area contributed by atoms with E-state index in [-0.39, 0.29) is 0 Å². The Morgan fingerprint density at radius 2 is 2.21 bits per heavy atom. The molecule has 1 aliphatic rings. The van der Waals surface area contributed by atoms with Gasteiger partial charge in [-0.15, -0.1) is 11.3 Å². The van der Waals surface area contributed by atoms with Crippen molar-refractivity contribution < 1.29 is 5.11 Å². The second-order valence-electron chi connectivity index (χ2n) is 5.60. The van der Waals surface area contributed by atoms with Crippen molar-refractivity contribution in [1.82, 2.24) is 9.97 Å². The van der Waals surface area contributed by atoms with Crippen LogP contribution in [0, 0.1) is 0 Å². The molecule has 1 atom stereocenters. The largest absolute Gasteiger partial charge is 0.397 e. The molecule has 8 heteroatoms. The van der Waals surface area contributed by atoms with Crippen molar-refractivity contribution in [1.29, 1.82) is 0 Å². The Hall–Kier alpha value is -2.19. The van der Waals surface area contributed by atoms with Crippen molar-refractivity contribution in [3.05, 3.63) is 22.7 Å². The third-order valence-electron chi connectivity index (χ3n) is 3.72. The Bertz CT molecular complexity index is 730. The van der Waals surface area contributed by atoms with Crippen LogP contribution in [0.25, 0.3) is 0 Å². The second kappa shape index (κ2) is 7.14. The first-order valence-corrected chi connectivity index (χ1v) is 9.01. The van der Waals surface area contributed by atoms with Gasteiger partial charge in [0, 0.05) is 30.7 Å². The monoisotopic (exact) mass is 346 g/mol. The summed E-state index contributed by atoms with van der Waals surface area (Å²) in [6.45, 7) is 5.62. The van der Waals surface area contributed by atoms with Gasteiger partial charge in [0.05, 0.1) is 5.69 Å². The number of aliphatic imine (C=N–C) groups is 1. The molecule has 0 fully saturated rings. The summed E-state index contributed by atoms with van der Waals surface area (Å²) in [6.07, 6.45) is 2.69. The quantitative estimate of drug-likeness (QED) is 0.743. The lowest BCUT2D eigenvalue weighted by atomic mass is 10.2. The van der Waals surface area contributed by atoms with Crippen LogP contribution in [0.3, 0.4) is 0 Å². The highest BCUT2D eigenvalue weighted by Crippen LogP contribution is 2.40. The number of fused-ring (bicyclic) bond motifs is 1. The van der Waals surface area contributed by atoms with Crippen LogP contribution in [-0.2, 0) is 0 Å². The molecular formula is C16H22N6OS. The van der Waals surface area contributed by atoms with Gasteiger partial charge < -0.3 is 21.1 Å². The molecule has 128 valence electrons. The molecule has 1 unspecified atom stereocenters. The number of hydrogen-bond acceptors (Lipinski definition) is 8. The molecule has 0 amide bonds. The summed E-state index contributed by atoms with van der Waals surface area (Å²) in [7, 11) is 0. The summed E-state index contributed by atoms with van der Waals surface area (Å²) in [5, 5.41) is 16.6.